The summed E-state index contributed by atoms with van der Waals surface area (Å²) in [6.45, 7) is 0. The van der Waals surface area contributed by atoms with Gasteiger partial charge in [-0.2, -0.15) is 5.26 Å². The van der Waals surface area contributed by atoms with Crippen LogP contribution in [0, 0.1) is 17.1 Å². The minimum atomic E-state index is -0.509. The van der Waals surface area contributed by atoms with E-state index in [4.69, 9.17) is 15.7 Å². The molecular weight excluding hydrogens is 183 g/mol. The van der Waals surface area contributed by atoms with Crippen LogP contribution >= 0.6 is 0 Å². The number of ether oxygens (including phenoxy) is 1. The molecule has 2 N–H and O–H groups in total. The monoisotopic (exact) mass is 194 g/mol. The number of benzene rings is 1. The van der Waals surface area contributed by atoms with Crippen molar-refractivity contribution < 1.29 is 9.13 Å². The summed E-state index contributed by atoms with van der Waals surface area (Å²) in [5, 5.41) is 8.47. The lowest BCUT2D eigenvalue weighted by Gasteiger charge is -2.12. The van der Waals surface area contributed by atoms with E-state index in [1.165, 1.54) is 25.3 Å². The fourth-order valence-electron chi connectivity index (χ4n) is 1.20. The molecule has 0 fully saturated rings. The van der Waals surface area contributed by atoms with Crippen LogP contribution in [-0.2, 0) is 0 Å². The third-order valence-corrected chi connectivity index (χ3v) is 1.90. The Hall–Kier alpha value is -1.60. The molecule has 14 heavy (non-hydrogen) atoms. The maximum atomic E-state index is 12.9. The van der Waals surface area contributed by atoms with E-state index < -0.39 is 6.04 Å². The summed E-state index contributed by atoms with van der Waals surface area (Å²) >= 11 is 0. The molecule has 0 aromatic heterocycles. The fourth-order valence-corrected chi connectivity index (χ4v) is 1.20. The van der Waals surface area contributed by atoms with Crippen LogP contribution in [0.1, 0.15) is 18.0 Å². The zero-order chi connectivity index (χ0) is 10.6. The molecule has 1 atom stereocenters. The SMILES string of the molecule is COc1ccc(F)cc1[C@@H](N)CC#N. The van der Waals surface area contributed by atoms with Gasteiger partial charge in [0, 0.05) is 11.6 Å². The van der Waals surface area contributed by atoms with Gasteiger partial charge in [-0.15, -0.1) is 0 Å². The lowest BCUT2D eigenvalue weighted by atomic mass is 10.0. The van der Waals surface area contributed by atoms with Crippen molar-refractivity contribution in [2.75, 3.05) is 7.11 Å². The largest absolute Gasteiger partial charge is 0.496 e. The van der Waals surface area contributed by atoms with E-state index in [-0.39, 0.29) is 12.2 Å². The molecule has 0 heterocycles. The number of nitrogens with two attached hydrogens (primary N) is 1. The molecule has 4 heteroatoms. The molecule has 0 saturated carbocycles. The Morgan fingerprint density at radius 3 is 2.93 bits per heavy atom. The Bertz CT molecular complexity index is 360. The van der Waals surface area contributed by atoms with Gasteiger partial charge in [-0.1, -0.05) is 0 Å². The van der Waals surface area contributed by atoms with Crippen molar-refractivity contribution in [3.63, 3.8) is 0 Å². The third kappa shape index (κ3) is 2.21. The number of methoxy groups -OCH3 is 1. The van der Waals surface area contributed by atoms with E-state index in [1.807, 2.05) is 6.07 Å². The van der Waals surface area contributed by atoms with Crippen LogP contribution in [0.3, 0.4) is 0 Å². The second kappa shape index (κ2) is 4.58. The highest BCUT2D eigenvalue weighted by Crippen LogP contribution is 2.25. The summed E-state index contributed by atoms with van der Waals surface area (Å²) in [4.78, 5) is 0. The maximum absolute atomic E-state index is 12.9. The molecule has 1 aromatic carbocycles. The van der Waals surface area contributed by atoms with Gasteiger partial charge in [-0.25, -0.2) is 4.39 Å². The zero-order valence-corrected chi connectivity index (χ0v) is 7.83. The molecule has 3 nitrogen and oxygen atoms in total. The van der Waals surface area contributed by atoms with Gasteiger partial charge in [0.2, 0.25) is 0 Å². The molecule has 0 aliphatic carbocycles. The van der Waals surface area contributed by atoms with Gasteiger partial charge in [0.05, 0.1) is 19.6 Å². The van der Waals surface area contributed by atoms with Gasteiger partial charge in [0.25, 0.3) is 0 Å². The summed E-state index contributed by atoms with van der Waals surface area (Å²) in [7, 11) is 1.48. The van der Waals surface area contributed by atoms with Crippen LogP contribution in [0.4, 0.5) is 4.39 Å². The number of nitriles is 1. The van der Waals surface area contributed by atoms with Crippen molar-refractivity contribution in [3.8, 4) is 11.8 Å². The third-order valence-electron chi connectivity index (χ3n) is 1.90. The van der Waals surface area contributed by atoms with Crippen LogP contribution in [0.25, 0.3) is 0 Å². The molecule has 0 amide bonds. The van der Waals surface area contributed by atoms with E-state index in [1.54, 1.807) is 0 Å². The van der Waals surface area contributed by atoms with Crippen LogP contribution < -0.4 is 10.5 Å². The Balaban J connectivity index is 3.04. The van der Waals surface area contributed by atoms with Gasteiger partial charge in [0.1, 0.15) is 11.6 Å². The molecule has 0 saturated heterocycles. The van der Waals surface area contributed by atoms with Gasteiger partial charge < -0.3 is 10.5 Å². The van der Waals surface area contributed by atoms with E-state index >= 15 is 0 Å². The van der Waals surface area contributed by atoms with Crippen LogP contribution in [0.5, 0.6) is 5.75 Å². The number of nitrogens with zero attached hydrogens (tertiary/aromatic N) is 1. The summed E-state index contributed by atoms with van der Waals surface area (Å²) in [6.07, 6.45) is 0.139. The quantitative estimate of drug-likeness (QED) is 0.797. The first-order chi connectivity index (χ1) is 6.69. The maximum Gasteiger partial charge on any atom is 0.123 e. The molecule has 0 unspecified atom stereocenters. The van der Waals surface area contributed by atoms with Crippen molar-refractivity contribution in [1.82, 2.24) is 0 Å². The summed E-state index contributed by atoms with van der Waals surface area (Å²) in [5.41, 5.74) is 6.20. The van der Waals surface area contributed by atoms with Crippen molar-refractivity contribution in [2.45, 2.75) is 12.5 Å². The topological polar surface area (TPSA) is 59.0 Å². The molecular formula is C10H11FN2O. The Morgan fingerprint density at radius 2 is 2.36 bits per heavy atom. The average molecular weight is 194 g/mol. The predicted molar refractivity (Wildman–Crippen MR) is 50.1 cm³/mol. The Kier molecular flexibility index (Phi) is 3.43. The molecule has 74 valence electrons. The van der Waals surface area contributed by atoms with E-state index in [9.17, 15) is 4.39 Å². The van der Waals surface area contributed by atoms with Crippen molar-refractivity contribution in [2.24, 2.45) is 5.73 Å². The normalized spacial score (nSPS) is 11.9. The first-order valence-electron chi connectivity index (χ1n) is 4.15. The van der Waals surface area contributed by atoms with E-state index in [0.717, 1.165) is 0 Å². The smallest absolute Gasteiger partial charge is 0.123 e. The Morgan fingerprint density at radius 1 is 1.64 bits per heavy atom. The highest BCUT2D eigenvalue weighted by atomic mass is 19.1. The Labute approximate surface area is 81.9 Å². The minimum Gasteiger partial charge on any atom is -0.496 e. The van der Waals surface area contributed by atoms with Gasteiger partial charge in [-0.3, -0.25) is 0 Å². The molecule has 0 bridgehead atoms. The van der Waals surface area contributed by atoms with Crippen molar-refractivity contribution in [1.29, 1.82) is 5.26 Å². The second-order valence-electron chi connectivity index (χ2n) is 2.86. The summed E-state index contributed by atoms with van der Waals surface area (Å²) < 4.78 is 17.9. The predicted octanol–water partition coefficient (Wildman–Crippen LogP) is 1.75. The van der Waals surface area contributed by atoms with Gasteiger partial charge in [-0.05, 0) is 18.2 Å². The highest BCUT2D eigenvalue weighted by molar-refractivity contribution is 5.36. The lowest BCUT2D eigenvalue weighted by Crippen LogP contribution is -2.11. The highest BCUT2D eigenvalue weighted by Gasteiger charge is 2.12. The standard InChI is InChI=1S/C10H11FN2O/c1-14-10-3-2-7(11)6-8(10)9(13)4-5-12/h2-3,6,9H,4,13H2,1H3/t9-/m0/s1. The molecule has 1 aromatic rings. The van der Waals surface area contributed by atoms with Gasteiger partial charge >= 0.3 is 0 Å². The molecule has 0 aliphatic heterocycles. The number of hydrogen-bond donors (Lipinski definition) is 1. The van der Waals surface area contributed by atoms with Crippen LogP contribution in [0.15, 0.2) is 18.2 Å². The zero-order valence-electron chi connectivity index (χ0n) is 7.83. The molecule has 0 spiro atoms. The summed E-state index contributed by atoms with van der Waals surface area (Å²) in [6, 6.07) is 5.51. The number of hydrogen-bond acceptors (Lipinski definition) is 3. The van der Waals surface area contributed by atoms with Crippen molar-refractivity contribution >= 4 is 0 Å². The molecule has 0 radical (unpaired) electrons. The average Bonchev–Trinajstić information content (AvgIpc) is 2.18. The minimum absolute atomic E-state index is 0.139. The molecule has 0 aliphatic rings. The number of halogens is 1. The fraction of sp³-hybridized carbons (Fsp3) is 0.300. The number of rotatable bonds is 3. The van der Waals surface area contributed by atoms with Crippen LogP contribution in [0.2, 0.25) is 0 Å². The molecule has 1 rings (SSSR count). The lowest BCUT2D eigenvalue weighted by molar-refractivity contribution is 0.404. The van der Waals surface area contributed by atoms with Crippen LogP contribution in [-0.4, -0.2) is 7.11 Å². The van der Waals surface area contributed by atoms with Gasteiger partial charge in [0.15, 0.2) is 0 Å². The van der Waals surface area contributed by atoms with E-state index in [2.05, 4.69) is 0 Å². The van der Waals surface area contributed by atoms with E-state index in [0.29, 0.717) is 11.3 Å². The van der Waals surface area contributed by atoms with Crippen molar-refractivity contribution in [3.05, 3.63) is 29.6 Å². The summed E-state index contributed by atoms with van der Waals surface area (Å²) in [5.74, 6) is 0.128. The first-order valence-corrected chi connectivity index (χ1v) is 4.15. The first kappa shape index (κ1) is 10.5. The second-order valence-corrected chi connectivity index (χ2v) is 2.86.